The Balaban J connectivity index is 1.78. The number of aromatic nitrogens is 2. The molecule has 0 aliphatic carbocycles. The van der Waals surface area contributed by atoms with E-state index < -0.39 is 16.4 Å². The van der Waals surface area contributed by atoms with Crippen LogP contribution in [0.4, 0.5) is 17.5 Å². The summed E-state index contributed by atoms with van der Waals surface area (Å²) in [4.78, 5) is 22.5. The molecule has 0 bridgehead atoms. The molecular weight excluding hydrogens is 430 g/mol. The quantitative estimate of drug-likeness (QED) is 0.550. The van der Waals surface area contributed by atoms with Crippen LogP contribution in [0.1, 0.15) is 30.9 Å². The summed E-state index contributed by atoms with van der Waals surface area (Å²) in [5, 5.41) is 15.6. The minimum Gasteiger partial charge on any atom is -0.387 e. The highest BCUT2D eigenvalue weighted by Gasteiger charge is 2.24. The van der Waals surface area contributed by atoms with Gasteiger partial charge in [0.05, 0.1) is 5.75 Å². The van der Waals surface area contributed by atoms with Crippen LogP contribution < -0.4 is 10.6 Å². The molecule has 32 heavy (non-hydrogen) atoms. The summed E-state index contributed by atoms with van der Waals surface area (Å²) in [7, 11) is -3.45. The molecule has 2 aromatic rings. The van der Waals surface area contributed by atoms with Gasteiger partial charge in [0.15, 0.2) is 9.84 Å². The molecular formula is C22H29N5O4S. The molecule has 1 unspecified atom stereocenters. The first kappa shape index (κ1) is 23.7. The van der Waals surface area contributed by atoms with Crippen LogP contribution in [0.15, 0.2) is 41.9 Å². The third-order valence-electron chi connectivity index (χ3n) is 5.36. The highest BCUT2D eigenvalue weighted by atomic mass is 32.2. The van der Waals surface area contributed by atoms with Crippen LogP contribution in [0, 0.1) is 6.92 Å². The van der Waals surface area contributed by atoms with Crippen LogP contribution in [-0.4, -0.2) is 60.0 Å². The highest BCUT2D eigenvalue weighted by molar-refractivity contribution is 7.94. The molecule has 1 aromatic carbocycles. The van der Waals surface area contributed by atoms with Gasteiger partial charge in [0.25, 0.3) is 0 Å². The topological polar surface area (TPSA) is 125 Å². The van der Waals surface area contributed by atoms with Crippen LogP contribution in [0.25, 0.3) is 0 Å². The van der Waals surface area contributed by atoms with Crippen molar-refractivity contribution in [2.45, 2.75) is 38.5 Å². The monoisotopic (exact) mass is 459 g/mol. The first-order valence-corrected chi connectivity index (χ1v) is 12.1. The number of para-hydroxylation sites is 1. The van der Waals surface area contributed by atoms with Gasteiger partial charge in [0, 0.05) is 41.5 Å². The van der Waals surface area contributed by atoms with Crippen molar-refractivity contribution in [3.05, 3.63) is 53.1 Å². The summed E-state index contributed by atoms with van der Waals surface area (Å²) in [5.74, 6) is 0.526. The largest absolute Gasteiger partial charge is 0.387 e. The predicted octanol–water partition coefficient (Wildman–Crippen LogP) is 2.37. The fourth-order valence-electron chi connectivity index (χ4n) is 3.47. The Morgan fingerprint density at radius 3 is 2.81 bits per heavy atom. The number of likely N-dealkylation sites (tertiary alicyclic amines) is 1. The molecule has 3 rings (SSSR count). The van der Waals surface area contributed by atoms with Gasteiger partial charge in [-0.05, 0) is 38.3 Å². The number of nitrogens with one attached hydrogen (secondary N) is 2. The van der Waals surface area contributed by atoms with Gasteiger partial charge < -0.3 is 20.6 Å². The smallest absolute Gasteiger partial charge is 0.248 e. The van der Waals surface area contributed by atoms with E-state index in [0.717, 1.165) is 18.4 Å². The van der Waals surface area contributed by atoms with E-state index in [1.165, 1.54) is 6.92 Å². The van der Waals surface area contributed by atoms with Crippen molar-refractivity contribution in [1.82, 2.24) is 14.9 Å². The number of benzene rings is 1. The molecule has 172 valence electrons. The molecule has 0 saturated carbocycles. The van der Waals surface area contributed by atoms with Crippen molar-refractivity contribution < 1.29 is 18.3 Å². The third kappa shape index (κ3) is 5.83. The maximum Gasteiger partial charge on any atom is 0.248 e. The number of rotatable bonds is 8. The first-order chi connectivity index (χ1) is 15.2. The second kappa shape index (κ2) is 10.1. The Kier molecular flexibility index (Phi) is 7.47. The molecule has 0 radical (unpaired) electrons. The van der Waals surface area contributed by atoms with E-state index in [1.54, 1.807) is 29.3 Å². The molecule has 1 aromatic heterocycles. The lowest BCUT2D eigenvalue weighted by molar-refractivity contribution is -0.135. The summed E-state index contributed by atoms with van der Waals surface area (Å²) < 4.78 is 24.7. The van der Waals surface area contributed by atoms with Crippen LogP contribution in [0.2, 0.25) is 0 Å². The summed E-state index contributed by atoms with van der Waals surface area (Å²) in [5.41, 5.74) is 2.06. The molecule has 2 heterocycles. The second-order valence-corrected chi connectivity index (χ2v) is 10.2. The van der Waals surface area contributed by atoms with Crippen molar-refractivity contribution >= 4 is 33.2 Å². The number of sulfone groups is 1. The molecule has 1 amide bonds. The minimum atomic E-state index is -3.45. The van der Waals surface area contributed by atoms with Gasteiger partial charge >= 0.3 is 0 Å². The van der Waals surface area contributed by atoms with Crippen LogP contribution in [-0.2, 0) is 20.4 Å². The number of amides is 1. The second-order valence-electron chi connectivity index (χ2n) is 7.95. The number of hydrogen-bond donors (Lipinski definition) is 3. The fourth-order valence-corrected chi connectivity index (χ4v) is 4.37. The van der Waals surface area contributed by atoms with Crippen molar-refractivity contribution in [2.75, 3.05) is 30.3 Å². The Morgan fingerprint density at radius 1 is 1.34 bits per heavy atom. The Bertz CT molecular complexity index is 1100. The molecule has 1 aliphatic heterocycles. The summed E-state index contributed by atoms with van der Waals surface area (Å²) in [6.45, 7) is 7.51. The lowest BCUT2D eigenvalue weighted by Gasteiger charge is -2.32. The number of piperidine rings is 1. The first-order valence-electron chi connectivity index (χ1n) is 10.4. The number of aryl methyl sites for hydroxylation is 1. The normalized spacial score (nSPS) is 16.5. The van der Waals surface area contributed by atoms with Gasteiger partial charge in [-0.25, -0.2) is 13.4 Å². The summed E-state index contributed by atoms with van der Waals surface area (Å²) in [6, 6.07) is 7.15. The molecule has 1 fully saturated rings. The van der Waals surface area contributed by atoms with Crippen LogP contribution >= 0.6 is 0 Å². The van der Waals surface area contributed by atoms with E-state index in [1.807, 2.05) is 13.0 Å². The molecule has 1 saturated heterocycles. The molecule has 1 atom stereocenters. The van der Waals surface area contributed by atoms with Gasteiger partial charge in [-0.15, -0.1) is 0 Å². The van der Waals surface area contributed by atoms with E-state index in [4.69, 9.17) is 5.11 Å². The lowest BCUT2D eigenvalue weighted by atomic mass is 10.1. The molecule has 9 nitrogen and oxygen atoms in total. The Hall–Kier alpha value is -2.98. The van der Waals surface area contributed by atoms with E-state index >= 15 is 0 Å². The van der Waals surface area contributed by atoms with Crippen molar-refractivity contribution in [3.63, 3.8) is 0 Å². The van der Waals surface area contributed by atoms with Crippen molar-refractivity contribution in [1.29, 1.82) is 0 Å². The Morgan fingerprint density at radius 2 is 2.09 bits per heavy atom. The SMILES string of the molecule is C=C(C)S(=O)(=O)Cc1ccccc1Nc1nc(NC2CCCN(C(=O)CO)C2)ncc1C. The van der Waals surface area contributed by atoms with Gasteiger partial charge in [-0.1, -0.05) is 24.8 Å². The zero-order valence-corrected chi connectivity index (χ0v) is 19.2. The van der Waals surface area contributed by atoms with Gasteiger partial charge in [0.2, 0.25) is 11.9 Å². The summed E-state index contributed by atoms with van der Waals surface area (Å²) in [6.07, 6.45) is 3.37. The maximum atomic E-state index is 12.3. The average molecular weight is 460 g/mol. The molecule has 10 heteroatoms. The average Bonchev–Trinajstić information content (AvgIpc) is 2.76. The van der Waals surface area contributed by atoms with E-state index in [2.05, 4.69) is 27.2 Å². The summed E-state index contributed by atoms with van der Waals surface area (Å²) >= 11 is 0. The zero-order valence-electron chi connectivity index (χ0n) is 18.3. The van der Waals surface area contributed by atoms with Crippen LogP contribution in [0.5, 0.6) is 0 Å². The molecule has 0 spiro atoms. The van der Waals surface area contributed by atoms with E-state index in [-0.39, 0.29) is 22.6 Å². The number of aliphatic hydroxyl groups excluding tert-OH is 1. The van der Waals surface area contributed by atoms with Gasteiger partial charge in [0.1, 0.15) is 12.4 Å². The van der Waals surface area contributed by atoms with Crippen molar-refractivity contribution in [3.8, 4) is 0 Å². The van der Waals surface area contributed by atoms with Gasteiger partial charge in [-0.2, -0.15) is 4.98 Å². The lowest BCUT2D eigenvalue weighted by Crippen LogP contribution is -2.46. The zero-order chi connectivity index (χ0) is 23.3. The number of nitrogens with zero attached hydrogens (tertiary/aromatic N) is 3. The number of carbonyl (C=O) groups excluding carboxylic acids is 1. The number of hydrogen-bond acceptors (Lipinski definition) is 8. The number of anilines is 3. The fraction of sp³-hybridized carbons (Fsp3) is 0.409. The van der Waals surface area contributed by atoms with Crippen LogP contribution in [0.3, 0.4) is 0 Å². The third-order valence-corrected chi connectivity index (χ3v) is 7.11. The number of carbonyl (C=O) groups is 1. The maximum absolute atomic E-state index is 12.3. The molecule has 3 N–H and O–H groups in total. The standard InChI is InChI=1S/C22H29N5O4S/c1-15(2)32(30,31)14-17-7-4-5-9-19(17)25-21-16(3)11-23-22(26-21)24-18-8-6-10-27(12-18)20(29)13-28/h4-5,7,9,11,18,28H,1,6,8,10,12-14H2,2-3H3,(H2,23,24,25,26). The molecule has 1 aliphatic rings. The predicted molar refractivity (Wildman–Crippen MR) is 124 cm³/mol. The minimum absolute atomic E-state index is 0.0252. The number of aliphatic hydroxyl groups is 1. The Labute approximate surface area is 188 Å². The number of allylic oxidation sites excluding steroid dienone is 1. The van der Waals surface area contributed by atoms with E-state index in [0.29, 0.717) is 36.1 Å². The van der Waals surface area contributed by atoms with E-state index in [9.17, 15) is 13.2 Å². The highest BCUT2D eigenvalue weighted by Crippen LogP contribution is 2.26. The van der Waals surface area contributed by atoms with Gasteiger partial charge in [-0.3, -0.25) is 4.79 Å². The van der Waals surface area contributed by atoms with Crippen molar-refractivity contribution in [2.24, 2.45) is 0 Å².